The van der Waals surface area contributed by atoms with Gasteiger partial charge in [0.2, 0.25) is 11.8 Å². The van der Waals surface area contributed by atoms with E-state index in [1.54, 1.807) is 34.2 Å². The molecule has 0 aromatic carbocycles. The van der Waals surface area contributed by atoms with Crippen molar-refractivity contribution in [3.63, 3.8) is 0 Å². The van der Waals surface area contributed by atoms with Crippen molar-refractivity contribution in [2.75, 3.05) is 23.7 Å². The smallest absolute Gasteiger partial charge is 0.232 e. The first kappa shape index (κ1) is 20.9. The molecule has 27 heavy (non-hydrogen) atoms. The number of rotatable bonds is 7. The van der Waals surface area contributed by atoms with Crippen molar-refractivity contribution in [1.29, 1.82) is 0 Å². The average Bonchev–Trinajstić information content (AvgIpc) is 3.36. The van der Waals surface area contributed by atoms with Crippen LogP contribution in [0, 0.1) is 5.41 Å². The molecule has 2 amide bonds. The SMILES string of the molecule is CCn1cc(NC(=O)CC2(C(=O)Nc3cnn(CC)c3)CCNC2)cn1.Cl. The van der Waals surface area contributed by atoms with E-state index in [1.807, 2.05) is 13.8 Å². The third-order valence-corrected chi connectivity index (χ3v) is 4.68. The van der Waals surface area contributed by atoms with Crippen LogP contribution < -0.4 is 16.0 Å². The Morgan fingerprint density at radius 1 is 1.11 bits per heavy atom. The molecule has 0 spiro atoms. The van der Waals surface area contributed by atoms with Crippen LogP contribution in [-0.2, 0) is 22.7 Å². The number of anilines is 2. The summed E-state index contributed by atoms with van der Waals surface area (Å²) in [5, 5.41) is 17.2. The maximum absolute atomic E-state index is 12.9. The number of nitrogens with zero attached hydrogens (tertiary/aromatic N) is 4. The van der Waals surface area contributed by atoms with Gasteiger partial charge in [-0.25, -0.2) is 0 Å². The van der Waals surface area contributed by atoms with Crippen molar-refractivity contribution < 1.29 is 9.59 Å². The van der Waals surface area contributed by atoms with E-state index >= 15 is 0 Å². The molecule has 1 atom stereocenters. The van der Waals surface area contributed by atoms with Crippen LogP contribution in [0.15, 0.2) is 24.8 Å². The monoisotopic (exact) mass is 395 g/mol. The minimum atomic E-state index is -0.765. The Morgan fingerprint density at radius 2 is 1.70 bits per heavy atom. The number of amides is 2. The van der Waals surface area contributed by atoms with E-state index in [-0.39, 0.29) is 30.6 Å². The number of nitrogens with one attached hydrogen (secondary N) is 3. The fourth-order valence-electron chi connectivity index (χ4n) is 3.15. The van der Waals surface area contributed by atoms with Crippen molar-refractivity contribution in [3.8, 4) is 0 Å². The van der Waals surface area contributed by atoms with Crippen LogP contribution in [0.3, 0.4) is 0 Å². The highest BCUT2D eigenvalue weighted by molar-refractivity contribution is 6.00. The van der Waals surface area contributed by atoms with Crippen LogP contribution in [0.1, 0.15) is 26.7 Å². The van der Waals surface area contributed by atoms with Crippen LogP contribution in [0.2, 0.25) is 0 Å². The number of carbonyl (C=O) groups is 2. The van der Waals surface area contributed by atoms with E-state index in [9.17, 15) is 9.59 Å². The zero-order valence-electron chi connectivity index (χ0n) is 15.6. The van der Waals surface area contributed by atoms with Gasteiger partial charge in [0, 0.05) is 38.4 Å². The third kappa shape index (κ3) is 4.86. The molecule has 3 heterocycles. The molecule has 1 saturated heterocycles. The highest BCUT2D eigenvalue weighted by Gasteiger charge is 2.43. The summed E-state index contributed by atoms with van der Waals surface area (Å²) in [5.41, 5.74) is 0.523. The molecule has 1 aliphatic rings. The van der Waals surface area contributed by atoms with E-state index in [1.165, 1.54) is 0 Å². The zero-order chi connectivity index (χ0) is 18.6. The van der Waals surface area contributed by atoms with Gasteiger partial charge in [-0.05, 0) is 26.8 Å². The first-order valence-electron chi connectivity index (χ1n) is 8.91. The number of carbonyl (C=O) groups excluding carboxylic acids is 2. The molecular weight excluding hydrogens is 370 g/mol. The molecule has 2 aromatic heterocycles. The maximum Gasteiger partial charge on any atom is 0.232 e. The molecular formula is C17H26ClN7O2. The van der Waals surface area contributed by atoms with Gasteiger partial charge < -0.3 is 16.0 Å². The van der Waals surface area contributed by atoms with Crippen LogP contribution in [0.25, 0.3) is 0 Å². The first-order chi connectivity index (χ1) is 12.5. The Balaban J connectivity index is 0.00000261. The van der Waals surface area contributed by atoms with Gasteiger partial charge in [-0.15, -0.1) is 12.4 Å². The lowest BCUT2D eigenvalue weighted by Gasteiger charge is -2.25. The second-order valence-electron chi connectivity index (χ2n) is 6.56. The number of aryl methyl sites for hydroxylation is 2. The van der Waals surface area contributed by atoms with Crippen molar-refractivity contribution in [2.24, 2.45) is 5.41 Å². The summed E-state index contributed by atoms with van der Waals surface area (Å²) >= 11 is 0. The number of aromatic nitrogens is 4. The lowest BCUT2D eigenvalue weighted by Crippen LogP contribution is -2.41. The summed E-state index contributed by atoms with van der Waals surface area (Å²) in [6.07, 6.45) is 7.52. The topological polar surface area (TPSA) is 106 Å². The van der Waals surface area contributed by atoms with Gasteiger partial charge in [-0.2, -0.15) is 10.2 Å². The maximum atomic E-state index is 12.9. The normalized spacial score (nSPS) is 18.7. The summed E-state index contributed by atoms with van der Waals surface area (Å²) in [4.78, 5) is 25.4. The highest BCUT2D eigenvalue weighted by atomic mass is 35.5. The Morgan fingerprint density at radius 3 is 2.19 bits per heavy atom. The Kier molecular flexibility index (Phi) is 6.98. The number of hydrogen-bond donors (Lipinski definition) is 3. The van der Waals surface area contributed by atoms with Crippen molar-refractivity contribution in [1.82, 2.24) is 24.9 Å². The lowest BCUT2D eigenvalue weighted by molar-refractivity contribution is -0.129. The fourth-order valence-corrected chi connectivity index (χ4v) is 3.15. The van der Waals surface area contributed by atoms with Crippen LogP contribution in [0.5, 0.6) is 0 Å². The molecule has 1 fully saturated rings. The van der Waals surface area contributed by atoms with Gasteiger partial charge in [0.15, 0.2) is 0 Å². The molecule has 10 heteroatoms. The first-order valence-corrected chi connectivity index (χ1v) is 8.91. The molecule has 2 aromatic rings. The summed E-state index contributed by atoms with van der Waals surface area (Å²) in [6, 6.07) is 0. The van der Waals surface area contributed by atoms with Crippen LogP contribution in [-0.4, -0.2) is 44.5 Å². The van der Waals surface area contributed by atoms with Crippen molar-refractivity contribution in [2.45, 2.75) is 39.8 Å². The van der Waals surface area contributed by atoms with Gasteiger partial charge in [0.05, 0.1) is 29.2 Å². The van der Waals surface area contributed by atoms with Crippen molar-refractivity contribution >= 4 is 35.6 Å². The second-order valence-corrected chi connectivity index (χ2v) is 6.56. The Labute approximate surface area is 164 Å². The average molecular weight is 396 g/mol. The standard InChI is InChI=1S/C17H25N7O2.ClH/c1-3-23-10-13(8-19-23)21-15(25)7-17(5-6-18-12-17)16(26)22-14-9-20-24(4-2)11-14;/h8-11,18H,3-7,12H2,1-2H3,(H,21,25)(H,22,26);1H. The molecule has 1 unspecified atom stereocenters. The molecule has 9 nitrogen and oxygen atoms in total. The second kappa shape index (κ2) is 9.01. The lowest BCUT2D eigenvalue weighted by atomic mass is 9.82. The van der Waals surface area contributed by atoms with Crippen LogP contribution >= 0.6 is 12.4 Å². The molecule has 148 valence electrons. The largest absolute Gasteiger partial charge is 0.323 e. The van der Waals surface area contributed by atoms with Gasteiger partial charge in [-0.3, -0.25) is 19.0 Å². The van der Waals surface area contributed by atoms with E-state index in [0.717, 1.165) is 13.1 Å². The molecule has 0 aliphatic carbocycles. The van der Waals surface area contributed by atoms with Gasteiger partial charge >= 0.3 is 0 Å². The van der Waals surface area contributed by atoms with Gasteiger partial charge in [-0.1, -0.05) is 0 Å². The Hall–Kier alpha value is -2.39. The summed E-state index contributed by atoms with van der Waals surface area (Å²) in [7, 11) is 0. The number of hydrogen-bond acceptors (Lipinski definition) is 5. The minimum Gasteiger partial charge on any atom is -0.323 e. The minimum absolute atomic E-state index is 0. The summed E-state index contributed by atoms with van der Waals surface area (Å²) in [6.45, 7) is 6.61. The van der Waals surface area contributed by atoms with Gasteiger partial charge in [0.25, 0.3) is 0 Å². The molecule has 0 radical (unpaired) electrons. The van der Waals surface area contributed by atoms with E-state index in [2.05, 4.69) is 26.1 Å². The third-order valence-electron chi connectivity index (χ3n) is 4.68. The van der Waals surface area contributed by atoms with E-state index < -0.39 is 5.41 Å². The fraction of sp³-hybridized carbons (Fsp3) is 0.529. The zero-order valence-corrected chi connectivity index (χ0v) is 16.4. The van der Waals surface area contributed by atoms with Crippen molar-refractivity contribution in [3.05, 3.63) is 24.8 Å². The van der Waals surface area contributed by atoms with Gasteiger partial charge in [0.1, 0.15) is 0 Å². The quantitative estimate of drug-likeness (QED) is 0.658. The number of halogens is 1. The molecule has 0 saturated carbocycles. The predicted octanol–water partition coefficient (Wildman–Crippen LogP) is 1.49. The molecule has 1 aliphatic heterocycles. The highest BCUT2D eigenvalue weighted by Crippen LogP contribution is 2.32. The predicted molar refractivity (Wildman–Crippen MR) is 105 cm³/mol. The van der Waals surface area contributed by atoms with E-state index in [4.69, 9.17) is 0 Å². The Bertz CT molecular complexity index is 780. The molecule has 3 rings (SSSR count). The summed E-state index contributed by atoms with van der Waals surface area (Å²) < 4.78 is 3.48. The van der Waals surface area contributed by atoms with E-state index in [0.29, 0.717) is 30.9 Å². The summed E-state index contributed by atoms with van der Waals surface area (Å²) in [5.74, 6) is -0.346. The van der Waals surface area contributed by atoms with Crippen LogP contribution in [0.4, 0.5) is 11.4 Å². The molecule has 3 N–H and O–H groups in total. The molecule has 0 bridgehead atoms.